The third-order valence-corrected chi connectivity index (χ3v) is 6.39. The number of nitrogen functional groups attached to an aromatic ring is 1. The van der Waals surface area contributed by atoms with Gasteiger partial charge < -0.3 is 16.2 Å². The molecule has 0 spiro atoms. The number of amides is 1. The molecule has 0 radical (unpaired) electrons. The second-order valence-corrected chi connectivity index (χ2v) is 8.10. The number of H-pyrrole nitrogens is 1. The summed E-state index contributed by atoms with van der Waals surface area (Å²) >= 11 is 0. The molecule has 1 heterocycles. The number of nitrogens with two attached hydrogens (primary N) is 1. The number of aromatic amines is 1. The van der Waals surface area contributed by atoms with E-state index in [2.05, 4.69) is 10.3 Å². The van der Waals surface area contributed by atoms with E-state index in [0.29, 0.717) is 31.7 Å². The van der Waals surface area contributed by atoms with Crippen LogP contribution in [0.15, 0.2) is 9.59 Å². The average molecular weight is 348 g/mol. The third-order valence-electron chi connectivity index (χ3n) is 6.39. The number of carbonyl (C=O) groups is 1. The minimum absolute atomic E-state index is 0.0189. The van der Waals surface area contributed by atoms with Crippen LogP contribution < -0.4 is 22.3 Å². The van der Waals surface area contributed by atoms with Crippen molar-refractivity contribution in [1.29, 1.82) is 0 Å². The maximum absolute atomic E-state index is 13.0. The van der Waals surface area contributed by atoms with E-state index in [0.717, 1.165) is 19.3 Å². The second-order valence-electron chi connectivity index (χ2n) is 8.10. The molecule has 136 valence electrons. The Balaban J connectivity index is 1.66. The van der Waals surface area contributed by atoms with Crippen LogP contribution in [0.2, 0.25) is 0 Å². The minimum Gasteiger partial charge on any atom is -0.390 e. The third kappa shape index (κ3) is 2.27. The highest BCUT2D eigenvalue weighted by atomic mass is 16.3. The maximum Gasteiger partial charge on any atom is 0.330 e. The van der Waals surface area contributed by atoms with Gasteiger partial charge in [0.2, 0.25) is 5.91 Å². The molecule has 1 amide bonds. The van der Waals surface area contributed by atoms with Crippen molar-refractivity contribution in [2.45, 2.75) is 57.6 Å². The van der Waals surface area contributed by atoms with E-state index in [1.54, 1.807) is 0 Å². The molecule has 4 fully saturated rings. The van der Waals surface area contributed by atoms with Gasteiger partial charge in [0.25, 0.3) is 5.56 Å². The summed E-state index contributed by atoms with van der Waals surface area (Å²) in [7, 11) is 0. The topological polar surface area (TPSA) is 130 Å². The summed E-state index contributed by atoms with van der Waals surface area (Å²) in [4.78, 5) is 39.3. The Labute approximate surface area is 144 Å². The standard InChI is InChI=1S/C17H24N4O4/c1-2-3-21-12(18)11(13(22)20-15(21)24)19-14(23)16-5-9-4-10(7-16)17(25,6-9)8-16/h9-10,25H,2-8,18H2,1H3,(H,19,23)(H,20,22,24). The van der Waals surface area contributed by atoms with Crippen LogP contribution in [0.25, 0.3) is 0 Å². The normalized spacial score (nSPS) is 35.3. The van der Waals surface area contributed by atoms with Gasteiger partial charge >= 0.3 is 5.69 Å². The van der Waals surface area contributed by atoms with Crippen molar-refractivity contribution in [3.8, 4) is 0 Å². The first-order valence-electron chi connectivity index (χ1n) is 8.94. The van der Waals surface area contributed by atoms with E-state index >= 15 is 0 Å². The molecule has 0 aliphatic heterocycles. The number of hydrogen-bond donors (Lipinski definition) is 4. The van der Waals surface area contributed by atoms with Crippen LogP contribution in [0.1, 0.15) is 45.4 Å². The molecule has 4 aliphatic carbocycles. The van der Waals surface area contributed by atoms with Crippen LogP contribution in [0, 0.1) is 17.3 Å². The van der Waals surface area contributed by atoms with E-state index in [1.165, 1.54) is 4.57 Å². The lowest BCUT2D eigenvalue weighted by molar-refractivity contribution is -0.129. The Morgan fingerprint density at radius 1 is 1.40 bits per heavy atom. The summed E-state index contributed by atoms with van der Waals surface area (Å²) < 4.78 is 1.26. The van der Waals surface area contributed by atoms with Crippen LogP contribution in [0.5, 0.6) is 0 Å². The first-order valence-corrected chi connectivity index (χ1v) is 8.94. The number of aliphatic hydroxyl groups is 1. The monoisotopic (exact) mass is 348 g/mol. The largest absolute Gasteiger partial charge is 0.390 e. The molecule has 4 atom stereocenters. The lowest BCUT2D eigenvalue weighted by Crippen LogP contribution is -2.44. The Morgan fingerprint density at radius 2 is 2.16 bits per heavy atom. The van der Waals surface area contributed by atoms with Gasteiger partial charge in [0, 0.05) is 6.54 Å². The highest BCUT2D eigenvalue weighted by molar-refractivity contribution is 5.97. The van der Waals surface area contributed by atoms with Gasteiger partial charge in [0.15, 0.2) is 0 Å². The molecule has 1 aromatic rings. The van der Waals surface area contributed by atoms with Crippen molar-refractivity contribution in [1.82, 2.24) is 9.55 Å². The fourth-order valence-electron chi connectivity index (χ4n) is 5.52. The molecule has 0 saturated heterocycles. The Bertz CT molecular complexity index is 859. The first-order chi connectivity index (χ1) is 11.8. The molecular weight excluding hydrogens is 324 g/mol. The fourth-order valence-corrected chi connectivity index (χ4v) is 5.52. The minimum atomic E-state index is -0.737. The van der Waals surface area contributed by atoms with Crippen LogP contribution in [0.4, 0.5) is 11.5 Å². The van der Waals surface area contributed by atoms with E-state index < -0.39 is 22.3 Å². The maximum atomic E-state index is 13.0. The zero-order valence-electron chi connectivity index (χ0n) is 14.3. The lowest BCUT2D eigenvalue weighted by atomic mass is 9.68. The van der Waals surface area contributed by atoms with Gasteiger partial charge in [-0.05, 0) is 50.4 Å². The fraction of sp³-hybridized carbons (Fsp3) is 0.706. The summed E-state index contributed by atoms with van der Waals surface area (Å²) in [6.45, 7) is 2.25. The average Bonchev–Trinajstić information content (AvgIpc) is 2.88. The highest BCUT2D eigenvalue weighted by Gasteiger charge is 2.66. The van der Waals surface area contributed by atoms with Gasteiger partial charge in [0.05, 0.1) is 11.0 Å². The van der Waals surface area contributed by atoms with Crippen LogP contribution in [-0.4, -0.2) is 26.2 Å². The molecule has 1 aromatic heterocycles. The number of nitrogens with one attached hydrogen (secondary N) is 2. The Morgan fingerprint density at radius 3 is 2.80 bits per heavy atom. The molecule has 25 heavy (non-hydrogen) atoms. The van der Waals surface area contributed by atoms with Gasteiger partial charge in [0.1, 0.15) is 11.5 Å². The number of nitrogens with zero attached hydrogens (tertiary/aromatic N) is 1. The molecule has 0 aromatic carbocycles. The van der Waals surface area contributed by atoms with Gasteiger partial charge in [-0.1, -0.05) is 6.92 Å². The summed E-state index contributed by atoms with van der Waals surface area (Å²) in [6.07, 6.45) is 4.26. The van der Waals surface area contributed by atoms with Crippen molar-refractivity contribution in [2.24, 2.45) is 17.3 Å². The first kappa shape index (κ1) is 16.4. The zero-order chi connectivity index (χ0) is 18.0. The van der Waals surface area contributed by atoms with Crippen LogP contribution in [-0.2, 0) is 11.3 Å². The second kappa shape index (κ2) is 5.20. The van der Waals surface area contributed by atoms with E-state index in [9.17, 15) is 19.5 Å². The summed E-state index contributed by atoms with van der Waals surface area (Å²) in [5.74, 6) is 0.251. The molecule has 4 saturated carbocycles. The highest BCUT2D eigenvalue weighted by Crippen LogP contribution is 2.66. The molecule has 8 nitrogen and oxygen atoms in total. The van der Waals surface area contributed by atoms with Crippen molar-refractivity contribution >= 4 is 17.4 Å². The van der Waals surface area contributed by atoms with Crippen molar-refractivity contribution < 1.29 is 9.90 Å². The van der Waals surface area contributed by atoms with Crippen LogP contribution in [0.3, 0.4) is 0 Å². The number of carbonyl (C=O) groups excluding carboxylic acids is 1. The number of aromatic nitrogens is 2. The predicted molar refractivity (Wildman–Crippen MR) is 92.1 cm³/mol. The van der Waals surface area contributed by atoms with Crippen LogP contribution >= 0.6 is 0 Å². The van der Waals surface area contributed by atoms with Gasteiger partial charge in [-0.15, -0.1) is 0 Å². The van der Waals surface area contributed by atoms with E-state index in [-0.39, 0.29) is 23.3 Å². The van der Waals surface area contributed by atoms with E-state index in [1.807, 2.05) is 6.92 Å². The molecule has 4 unspecified atom stereocenters. The molecule has 8 heteroatoms. The Hall–Kier alpha value is -2.09. The number of rotatable bonds is 4. The molecule has 4 aliphatic rings. The predicted octanol–water partition coefficient (Wildman–Crippen LogP) is 0.408. The van der Waals surface area contributed by atoms with Crippen molar-refractivity contribution in [2.75, 3.05) is 11.1 Å². The Kier molecular flexibility index (Phi) is 3.41. The van der Waals surface area contributed by atoms with Crippen molar-refractivity contribution in [3.63, 3.8) is 0 Å². The zero-order valence-corrected chi connectivity index (χ0v) is 14.3. The summed E-state index contributed by atoms with van der Waals surface area (Å²) in [5, 5.41) is 13.4. The quantitative estimate of drug-likeness (QED) is 0.626. The van der Waals surface area contributed by atoms with E-state index in [4.69, 9.17) is 5.73 Å². The van der Waals surface area contributed by atoms with Crippen molar-refractivity contribution in [3.05, 3.63) is 20.8 Å². The SMILES string of the molecule is CCCn1c(N)c(NC(=O)C23CC4CC(C2)C(O)(C4)C3)c(=O)[nH]c1=O. The molecule has 5 N–H and O–H groups in total. The summed E-state index contributed by atoms with van der Waals surface area (Å²) in [6, 6.07) is 0. The van der Waals surface area contributed by atoms with Gasteiger partial charge in [-0.2, -0.15) is 0 Å². The molecule has 5 rings (SSSR count). The number of anilines is 2. The lowest BCUT2D eigenvalue weighted by Gasteiger charge is -2.37. The molecular formula is C17H24N4O4. The number of hydrogen-bond acceptors (Lipinski definition) is 5. The smallest absolute Gasteiger partial charge is 0.330 e. The van der Waals surface area contributed by atoms with Gasteiger partial charge in [-0.25, -0.2) is 4.79 Å². The van der Waals surface area contributed by atoms with Gasteiger partial charge in [-0.3, -0.25) is 19.1 Å². The molecule has 4 bridgehead atoms. The summed E-state index contributed by atoms with van der Waals surface area (Å²) in [5.41, 5.74) is 3.29.